The van der Waals surface area contributed by atoms with Crippen molar-refractivity contribution in [1.29, 1.82) is 0 Å². The zero-order valence-electron chi connectivity index (χ0n) is 51.1. The van der Waals surface area contributed by atoms with Gasteiger partial charge in [-0.15, -0.1) is 0 Å². The van der Waals surface area contributed by atoms with Gasteiger partial charge in [0.1, 0.15) is 35.9 Å². The number of nitrogens with one attached hydrogen (secondary N) is 1. The lowest BCUT2D eigenvalue weighted by Crippen LogP contribution is -2.69. The summed E-state index contributed by atoms with van der Waals surface area (Å²) in [6.07, 6.45) is 26.5. The fraction of sp³-hybridized carbons (Fsp3) is 0.691. The van der Waals surface area contributed by atoms with Crippen LogP contribution in [-0.2, 0) is 49.4 Å². The standard InChI is InChI=1S/C68H101Cl4NO11/c1-5-7-9-11-13-15-17-20-30-38-57(81-62(75)39-32-23-22-29-37-56(36-28-19-16-14-12-10-8-6-2)80-59-46-54(71)43-55(72)47-59)48-61(74)73-64-66(83-63(76)40-31-21-18-24-33-41-77-58-44-52(69)42-53(70)45-58)65-60(50-79-68(3,4)84-65)82-67(64)78-49-51-34-26-25-27-35-51/h25-27,34-35,42-47,56-57,60,64-67H,5-24,28-33,36-41,48-50H2,1-4H3,(H,73,74)/t56?,57-,60+,64+,65+,66+,67+/m0/s1. The van der Waals surface area contributed by atoms with Crippen molar-refractivity contribution in [1.82, 2.24) is 5.32 Å². The van der Waals surface area contributed by atoms with E-state index in [1.165, 1.54) is 77.0 Å². The van der Waals surface area contributed by atoms with Crippen molar-refractivity contribution in [3.63, 3.8) is 0 Å². The fourth-order valence-electron chi connectivity index (χ4n) is 11.1. The predicted octanol–water partition coefficient (Wildman–Crippen LogP) is 19.1. The van der Waals surface area contributed by atoms with Crippen molar-refractivity contribution in [2.24, 2.45) is 0 Å². The second kappa shape index (κ2) is 41.8. The van der Waals surface area contributed by atoms with Crippen LogP contribution in [0.3, 0.4) is 0 Å². The second-order valence-electron chi connectivity index (χ2n) is 23.6. The summed E-state index contributed by atoms with van der Waals surface area (Å²) in [5.41, 5.74) is 0.902. The number of carbonyl (C=O) groups is 3. The quantitative estimate of drug-likeness (QED) is 0.0428. The van der Waals surface area contributed by atoms with Gasteiger partial charge in [-0.1, -0.05) is 219 Å². The number of fused-ring (bicyclic) bond motifs is 1. The van der Waals surface area contributed by atoms with Crippen molar-refractivity contribution >= 4 is 64.2 Å². The highest BCUT2D eigenvalue weighted by atomic mass is 35.5. The average Bonchev–Trinajstić information content (AvgIpc) is 1.68. The van der Waals surface area contributed by atoms with E-state index in [2.05, 4.69) is 19.2 Å². The summed E-state index contributed by atoms with van der Waals surface area (Å²) in [6, 6.07) is 19.2. The highest BCUT2D eigenvalue weighted by Gasteiger charge is 2.54. The number of hydrogen-bond donors (Lipinski definition) is 1. The number of halogens is 4. The van der Waals surface area contributed by atoms with Crippen LogP contribution in [0.4, 0.5) is 0 Å². The molecule has 1 amide bonds. The van der Waals surface area contributed by atoms with Crippen molar-refractivity contribution < 1.29 is 52.3 Å². The van der Waals surface area contributed by atoms with Crippen molar-refractivity contribution in [3.05, 3.63) is 92.4 Å². The molecule has 16 heteroatoms. The van der Waals surface area contributed by atoms with Gasteiger partial charge < -0.3 is 43.2 Å². The van der Waals surface area contributed by atoms with Crippen LogP contribution < -0.4 is 14.8 Å². The summed E-state index contributed by atoms with van der Waals surface area (Å²) in [7, 11) is 0. The van der Waals surface area contributed by atoms with Gasteiger partial charge in [0.2, 0.25) is 5.91 Å². The number of benzene rings is 3. The molecule has 7 atom stereocenters. The van der Waals surface area contributed by atoms with Crippen LogP contribution in [0.2, 0.25) is 20.1 Å². The Bertz CT molecular complexity index is 2250. The van der Waals surface area contributed by atoms with Crippen LogP contribution in [0.25, 0.3) is 0 Å². The first-order valence-corrected chi connectivity index (χ1v) is 33.7. The van der Waals surface area contributed by atoms with Crippen LogP contribution in [0.15, 0.2) is 66.7 Å². The monoisotopic (exact) mass is 1250 g/mol. The summed E-state index contributed by atoms with van der Waals surface area (Å²) in [6.45, 7) is 8.95. The molecular formula is C68H101Cl4NO11. The highest BCUT2D eigenvalue weighted by Crippen LogP contribution is 2.36. The first-order chi connectivity index (χ1) is 40.7. The molecule has 2 fully saturated rings. The van der Waals surface area contributed by atoms with Gasteiger partial charge in [-0.2, -0.15) is 0 Å². The molecule has 0 saturated carbocycles. The molecule has 2 aliphatic heterocycles. The van der Waals surface area contributed by atoms with Gasteiger partial charge in [0, 0.05) is 32.9 Å². The molecule has 472 valence electrons. The molecular weight excluding hydrogens is 1150 g/mol. The molecule has 0 spiro atoms. The fourth-order valence-corrected chi connectivity index (χ4v) is 12.1. The molecule has 12 nitrogen and oxygen atoms in total. The number of hydrogen-bond acceptors (Lipinski definition) is 11. The second-order valence-corrected chi connectivity index (χ2v) is 25.4. The largest absolute Gasteiger partial charge is 0.493 e. The lowest BCUT2D eigenvalue weighted by Gasteiger charge is -2.50. The Labute approximate surface area is 524 Å². The molecule has 5 rings (SSSR count). The van der Waals surface area contributed by atoms with E-state index in [9.17, 15) is 14.4 Å². The van der Waals surface area contributed by atoms with E-state index in [1.807, 2.05) is 42.5 Å². The summed E-state index contributed by atoms with van der Waals surface area (Å²) in [4.78, 5) is 42.2. The van der Waals surface area contributed by atoms with Gasteiger partial charge in [-0.05, 0) is 114 Å². The van der Waals surface area contributed by atoms with Crippen molar-refractivity contribution in [3.8, 4) is 11.5 Å². The maximum Gasteiger partial charge on any atom is 0.306 e. The maximum absolute atomic E-state index is 14.6. The Balaban J connectivity index is 1.19. The number of rotatable bonds is 45. The first kappa shape index (κ1) is 71.4. The highest BCUT2D eigenvalue weighted by molar-refractivity contribution is 6.35. The van der Waals surface area contributed by atoms with Crippen LogP contribution in [0.1, 0.15) is 239 Å². The molecule has 2 saturated heterocycles. The summed E-state index contributed by atoms with van der Waals surface area (Å²) in [5, 5.41) is 5.32. The van der Waals surface area contributed by atoms with Crippen LogP contribution >= 0.6 is 46.4 Å². The predicted molar refractivity (Wildman–Crippen MR) is 338 cm³/mol. The van der Waals surface area contributed by atoms with E-state index in [4.69, 9.17) is 84.3 Å². The Hall–Kier alpha value is -3.33. The van der Waals surface area contributed by atoms with E-state index in [1.54, 1.807) is 38.1 Å². The zero-order valence-corrected chi connectivity index (χ0v) is 54.2. The smallest absolute Gasteiger partial charge is 0.306 e. The van der Waals surface area contributed by atoms with Gasteiger partial charge in [0.05, 0.1) is 32.3 Å². The van der Waals surface area contributed by atoms with Crippen LogP contribution in [0, 0.1) is 0 Å². The van der Waals surface area contributed by atoms with Gasteiger partial charge in [0.15, 0.2) is 18.2 Å². The third kappa shape index (κ3) is 30.1. The third-order valence-electron chi connectivity index (χ3n) is 15.7. The van der Waals surface area contributed by atoms with E-state index >= 15 is 0 Å². The molecule has 1 unspecified atom stereocenters. The van der Waals surface area contributed by atoms with Crippen molar-refractivity contribution in [2.45, 2.75) is 288 Å². The van der Waals surface area contributed by atoms with E-state index in [0.717, 1.165) is 95.5 Å². The van der Waals surface area contributed by atoms with Gasteiger partial charge >= 0.3 is 11.9 Å². The Morgan fingerprint density at radius 3 is 1.64 bits per heavy atom. The number of esters is 2. The molecule has 84 heavy (non-hydrogen) atoms. The lowest BCUT2D eigenvalue weighted by atomic mass is 9.94. The topological polar surface area (TPSA) is 137 Å². The number of carbonyl (C=O) groups excluding carboxylic acids is 3. The SMILES string of the molecule is CCCCCCCCCCC[C@@H](CC(=O)N[C@H]1[C@H](OCc2ccccc2)O[C@@H]2COC(C)(C)O[C@H]2[C@@H]1OC(=O)CCCCCCCOc1cc(Cl)cc(Cl)c1)OC(=O)CCCCCCC(CCCCCCCCCC)Oc1cc(Cl)cc(Cl)c1. The normalized spacial score (nSPS) is 19.0. The Morgan fingerprint density at radius 1 is 0.595 bits per heavy atom. The average molecular weight is 1250 g/mol. The molecule has 1 N–H and O–H groups in total. The summed E-state index contributed by atoms with van der Waals surface area (Å²) < 4.78 is 50.5. The van der Waals surface area contributed by atoms with Crippen molar-refractivity contribution in [2.75, 3.05) is 13.2 Å². The molecule has 2 heterocycles. The van der Waals surface area contributed by atoms with Gasteiger partial charge in [0.25, 0.3) is 0 Å². The molecule has 3 aromatic carbocycles. The van der Waals surface area contributed by atoms with Gasteiger partial charge in [-0.3, -0.25) is 14.4 Å². The molecule has 0 radical (unpaired) electrons. The molecule has 2 aliphatic rings. The number of ether oxygens (including phenoxy) is 8. The lowest BCUT2D eigenvalue weighted by molar-refractivity contribution is -0.370. The van der Waals surface area contributed by atoms with E-state index in [0.29, 0.717) is 57.5 Å². The summed E-state index contributed by atoms with van der Waals surface area (Å²) >= 11 is 24.9. The number of amides is 1. The van der Waals surface area contributed by atoms with Crippen LogP contribution in [0.5, 0.6) is 11.5 Å². The van der Waals surface area contributed by atoms with E-state index < -0.39 is 48.5 Å². The Kier molecular flexibility index (Phi) is 35.5. The Morgan fingerprint density at radius 2 is 1.08 bits per heavy atom. The van der Waals surface area contributed by atoms with Crippen LogP contribution in [-0.4, -0.2) is 79.7 Å². The van der Waals surface area contributed by atoms with E-state index in [-0.39, 0.29) is 50.5 Å². The first-order valence-electron chi connectivity index (χ1n) is 32.2. The molecule has 3 aromatic rings. The minimum absolute atomic E-state index is 0.0457. The molecule has 0 bridgehead atoms. The maximum atomic E-state index is 14.6. The zero-order chi connectivity index (χ0) is 60.2. The minimum Gasteiger partial charge on any atom is -0.493 e. The summed E-state index contributed by atoms with van der Waals surface area (Å²) in [5.74, 6) is -0.793. The van der Waals surface area contributed by atoms with Gasteiger partial charge in [-0.25, -0.2) is 0 Å². The third-order valence-corrected chi connectivity index (χ3v) is 16.5. The molecule has 0 aromatic heterocycles. The minimum atomic E-state index is -1.03. The molecule has 0 aliphatic carbocycles. The number of unbranched alkanes of at least 4 members (excludes halogenated alkanes) is 22.